The van der Waals surface area contributed by atoms with Gasteiger partial charge in [0.2, 0.25) is 11.5 Å². The molecule has 0 aliphatic carbocycles. The monoisotopic (exact) mass is 320 g/mol. The van der Waals surface area contributed by atoms with Crippen molar-refractivity contribution in [2.75, 3.05) is 21.3 Å². The summed E-state index contributed by atoms with van der Waals surface area (Å²) in [5.41, 5.74) is 2.00. The van der Waals surface area contributed by atoms with Gasteiger partial charge in [-0.25, -0.2) is 0 Å². The van der Waals surface area contributed by atoms with Crippen LogP contribution < -0.4 is 18.9 Å². The largest absolute Gasteiger partial charge is 0.493 e. The summed E-state index contributed by atoms with van der Waals surface area (Å²) in [4.78, 5) is 0. The molecule has 5 heteroatoms. The van der Waals surface area contributed by atoms with Crippen LogP contribution in [0.25, 0.3) is 0 Å². The molecular weight excluding hydrogens is 304 g/mol. The molecule has 0 amide bonds. The molecule has 3 rings (SSSR count). The van der Waals surface area contributed by atoms with Crippen LogP contribution in [0.4, 0.5) is 0 Å². The predicted octanol–water partition coefficient (Wildman–Crippen LogP) is 4.26. The SMILES string of the molecule is COc1cc2c(c(OC)c1OC)Oc1cccc(Cl)c1CC2. The second-order valence-corrected chi connectivity index (χ2v) is 5.36. The smallest absolute Gasteiger partial charge is 0.208 e. The van der Waals surface area contributed by atoms with Crippen molar-refractivity contribution >= 4 is 11.6 Å². The van der Waals surface area contributed by atoms with Gasteiger partial charge in [0.1, 0.15) is 5.75 Å². The Morgan fingerprint density at radius 3 is 2.45 bits per heavy atom. The molecule has 0 spiro atoms. The Bertz CT molecular complexity index is 712. The molecule has 22 heavy (non-hydrogen) atoms. The second kappa shape index (κ2) is 5.97. The van der Waals surface area contributed by atoms with Gasteiger partial charge in [0.15, 0.2) is 11.5 Å². The van der Waals surface area contributed by atoms with E-state index in [4.69, 9.17) is 30.5 Å². The highest BCUT2D eigenvalue weighted by Gasteiger charge is 2.26. The number of methoxy groups -OCH3 is 3. The highest BCUT2D eigenvalue weighted by atomic mass is 35.5. The molecule has 2 aromatic carbocycles. The summed E-state index contributed by atoms with van der Waals surface area (Å²) in [6.45, 7) is 0. The standard InChI is InChI=1S/C17H17ClO4/c1-19-14-9-10-7-8-11-12(18)5-4-6-13(11)22-15(10)17(21-3)16(14)20-2/h4-6,9H,7-8H2,1-3H3. The Hall–Kier alpha value is -2.07. The van der Waals surface area contributed by atoms with Crippen molar-refractivity contribution in [3.63, 3.8) is 0 Å². The minimum atomic E-state index is 0.522. The van der Waals surface area contributed by atoms with Gasteiger partial charge in [-0.15, -0.1) is 0 Å². The van der Waals surface area contributed by atoms with Gasteiger partial charge in [-0.2, -0.15) is 0 Å². The maximum absolute atomic E-state index is 6.29. The van der Waals surface area contributed by atoms with Gasteiger partial charge in [0.05, 0.1) is 21.3 Å². The van der Waals surface area contributed by atoms with E-state index in [9.17, 15) is 0 Å². The third kappa shape index (κ3) is 2.33. The van der Waals surface area contributed by atoms with E-state index < -0.39 is 0 Å². The number of hydrogen-bond donors (Lipinski definition) is 0. The van der Waals surface area contributed by atoms with Gasteiger partial charge in [-0.3, -0.25) is 0 Å². The molecule has 2 aromatic rings. The van der Waals surface area contributed by atoms with Crippen LogP contribution in [0.1, 0.15) is 11.1 Å². The Morgan fingerprint density at radius 2 is 1.77 bits per heavy atom. The lowest BCUT2D eigenvalue weighted by atomic mass is 10.0. The zero-order valence-corrected chi connectivity index (χ0v) is 13.5. The average molecular weight is 321 g/mol. The van der Waals surface area contributed by atoms with E-state index in [-0.39, 0.29) is 0 Å². The van der Waals surface area contributed by atoms with E-state index in [0.29, 0.717) is 28.0 Å². The van der Waals surface area contributed by atoms with Crippen LogP contribution in [0, 0.1) is 0 Å². The second-order valence-electron chi connectivity index (χ2n) is 4.95. The quantitative estimate of drug-likeness (QED) is 0.847. The van der Waals surface area contributed by atoms with Crippen LogP contribution in [0.5, 0.6) is 28.7 Å². The molecule has 0 aromatic heterocycles. The first kappa shape index (κ1) is 14.9. The number of hydrogen-bond acceptors (Lipinski definition) is 4. The van der Waals surface area contributed by atoms with Gasteiger partial charge in [-0.1, -0.05) is 17.7 Å². The first-order valence-electron chi connectivity index (χ1n) is 6.96. The van der Waals surface area contributed by atoms with E-state index >= 15 is 0 Å². The fourth-order valence-electron chi connectivity index (χ4n) is 2.72. The normalized spacial score (nSPS) is 12.5. The van der Waals surface area contributed by atoms with Crippen LogP contribution in [-0.4, -0.2) is 21.3 Å². The number of fused-ring (bicyclic) bond motifs is 2. The van der Waals surface area contributed by atoms with Gasteiger partial charge in [0.25, 0.3) is 0 Å². The van der Waals surface area contributed by atoms with Crippen molar-refractivity contribution in [3.8, 4) is 28.7 Å². The summed E-state index contributed by atoms with van der Waals surface area (Å²) in [5, 5.41) is 0.711. The molecule has 0 N–H and O–H groups in total. The van der Waals surface area contributed by atoms with Crippen LogP contribution in [0.3, 0.4) is 0 Å². The van der Waals surface area contributed by atoms with Crippen LogP contribution in [-0.2, 0) is 12.8 Å². The van der Waals surface area contributed by atoms with Gasteiger partial charge in [0, 0.05) is 16.1 Å². The molecule has 0 saturated heterocycles. The van der Waals surface area contributed by atoms with Crippen molar-refractivity contribution in [1.82, 2.24) is 0 Å². The summed E-state index contributed by atoms with van der Waals surface area (Å²) in [7, 11) is 4.77. The fourth-order valence-corrected chi connectivity index (χ4v) is 2.99. The Balaban J connectivity index is 2.19. The molecule has 1 aliphatic rings. The minimum Gasteiger partial charge on any atom is -0.493 e. The molecular formula is C17H17ClO4. The van der Waals surface area contributed by atoms with Gasteiger partial charge < -0.3 is 18.9 Å². The van der Waals surface area contributed by atoms with E-state index in [1.807, 2.05) is 24.3 Å². The molecule has 0 unspecified atom stereocenters. The molecule has 4 nitrogen and oxygen atoms in total. The van der Waals surface area contributed by atoms with E-state index in [1.54, 1.807) is 21.3 Å². The Labute approximate surface area is 134 Å². The van der Waals surface area contributed by atoms with Crippen molar-refractivity contribution in [2.45, 2.75) is 12.8 Å². The lowest BCUT2D eigenvalue weighted by Gasteiger charge is -2.18. The van der Waals surface area contributed by atoms with E-state index in [1.165, 1.54) is 0 Å². The highest BCUT2D eigenvalue weighted by Crippen LogP contribution is 2.50. The third-order valence-corrected chi connectivity index (χ3v) is 4.15. The number of ether oxygens (including phenoxy) is 4. The molecule has 0 bridgehead atoms. The topological polar surface area (TPSA) is 36.9 Å². The highest BCUT2D eigenvalue weighted by molar-refractivity contribution is 6.31. The lowest BCUT2D eigenvalue weighted by Crippen LogP contribution is -2.00. The first-order valence-corrected chi connectivity index (χ1v) is 7.34. The van der Waals surface area contributed by atoms with Gasteiger partial charge in [-0.05, 0) is 31.0 Å². The molecule has 1 aliphatic heterocycles. The zero-order valence-electron chi connectivity index (χ0n) is 12.7. The van der Waals surface area contributed by atoms with Crippen molar-refractivity contribution in [1.29, 1.82) is 0 Å². The maximum Gasteiger partial charge on any atom is 0.208 e. The molecule has 0 fully saturated rings. The maximum atomic E-state index is 6.29. The third-order valence-electron chi connectivity index (χ3n) is 3.79. The van der Waals surface area contributed by atoms with Crippen LogP contribution >= 0.6 is 11.6 Å². The molecule has 0 radical (unpaired) electrons. The number of halogens is 1. The number of rotatable bonds is 3. The fraction of sp³-hybridized carbons (Fsp3) is 0.294. The van der Waals surface area contributed by atoms with E-state index in [0.717, 1.165) is 29.7 Å². The van der Waals surface area contributed by atoms with Crippen LogP contribution in [0.2, 0.25) is 5.02 Å². The molecule has 0 atom stereocenters. The summed E-state index contributed by atoms with van der Waals surface area (Å²) in [6.07, 6.45) is 1.57. The lowest BCUT2D eigenvalue weighted by molar-refractivity contribution is 0.312. The number of aryl methyl sites for hydroxylation is 1. The van der Waals surface area contributed by atoms with Crippen LogP contribution in [0.15, 0.2) is 24.3 Å². The predicted molar refractivity (Wildman–Crippen MR) is 85.0 cm³/mol. The summed E-state index contributed by atoms with van der Waals surface area (Å²) >= 11 is 6.29. The van der Waals surface area contributed by atoms with E-state index in [2.05, 4.69) is 0 Å². The van der Waals surface area contributed by atoms with Crippen molar-refractivity contribution in [3.05, 3.63) is 40.4 Å². The van der Waals surface area contributed by atoms with Crippen molar-refractivity contribution in [2.24, 2.45) is 0 Å². The minimum absolute atomic E-state index is 0.522. The molecule has 116 valence electrons. The zero-order chi connectivity index (χ0) is 15.7. The molecule has 1 heterocycles. The summed E-state index contributed by atoms with van der Waals surface area (Å²) < 4.78 is 22.4. The average Bonchev–Trinajstić information content (AvgIpc) is 2.72. The van der Waals surface area contributed by atoms with Gasteiger partial charge >= 0.3 is 0 Å². The molecule has 0 saturated carbocycles. The summed E-state index contributed by atoms with van der Waals surface area (Å²) in [6, 6.07) is 7.58. The Morgan fingerprint density at radius 1 is 1.00 bits per heavy atom. The number of benzene rings is 2. The summed E-state index contributed by atoms with van der Waals surface area (Å²) in [5.74, 6) is 3.08. The first-order chi connectivity index (χ1) is 10.7. The Kier molecular flexibility index (Phi) is 4.03. The van der Waals surface area contributed by atoms with Crippen molar-refractivity contribution < 1.29 is 18.9 Å².